The first-order chi connectivity index (χ1) is 14.2. The van der Waals surface area contributed by atoms with Crippen LogP contribution in [0.4, 0.5) is 11.4 Å². The molecule has 6 nitrogen and oxygen atoms in total. The van der Waals surface area contributed by atoms with Gasteiger partial charge in [-0.05, 0) is 48.7 Å². The largest absolute Gasteiger partial charge is 0.494 e. The molecule has 0 spiro atoms. The number of piperidine rings is 1. The van der Waals surface area contributed by atoms with Crippen LogP contribution in [0.1, 0.15) is 29.9 Å². The lowest BCUT2D eigenvalue weighted by Gasteiger charge is -2.39. The van der Waals surface area contributed by atoms with Gasteiger partial charge in [0, 0.05) is 31.6 Å². The normalized spacial score (nSPS) is 22.4. The van der Waals surface area contributed by atoms with E-state index in [9.17, 15) is 4.79 Å². The predicted molar refractivity (Wildman–Crippen MR) is 111 cm³/mol. The quantitative estimate of drug-likeness (QED) is 0.798. The first kappa shape index (κ1) is 18.0. The minimum Gasteiger partial charge on any atom is -0.494 e. The molecule has 148 valence electrons. The van der Waals surface area contributed by atoms with E-state index in [2.05, 4.69) is 33.3 Å². The first-order valence-corrected chi connectivity index (χ1v) is 10.3. The molecule has 1 N–H and O–H groups in total. The molecule has 1 saturated heterocycles. The number of nitrogens with one attached hydrogen (secondary N) is 1. The van der Waals surface area contributed by atoms with Crippen LogP contribution in [0.2, 0.25) is 0 Å². The molecule has 3 aliphatic heterocycles. The molecular formula is C23H24N4O2. The van der Waals surface area contributed by atoms with Crippen molar-refractivity contribution in [3.8, 4) is 11.8 Å². The van der Waals surface area contributed by atoms with Crippen molar-refractivity contribution < 1.29 is 9.53 Å². The lowest BCUT2D eigenvalue weighted by molar-refractivity contribution is -0.115. The summed E-state index contributed by atoms with van der Waals surface area (Å²) in [5.41, 5.74) is 4.24. The molecule has 5 rings (SSSR count). The number of rotatable bonds is 5. The van der Waals surface area contributed by atoms with Gasteiger partial charge in [0.15, 0.2) is 0 Å². The summed E-state index contributed by atoms with van der Waals surface area (Å²) < 4.78 is 5.82. The summed E-state index contributed by atoms with van der Waals surface area (Å²) in [5, 5.41) is 11.9. The Bertz CT molecular complexity index is 966. The Morgan fingerprint density at radius 2 is 2.07 bits per heavy atom. The molecule has 2 aromatic carbocycles. The Kier molecular flexibility index (Phi) is 4.61. The highest BCUT2D eigenvalue weighted by atomic mass is 16.5. The van der Waals surface area contributed by atoms with Crippen molar-refractivity contribution in [1.29, 1.82) is 5.26 Å². The number of fused-ring (bicyclic) bond motifs is 3. The van der Waals surface area contributed by atoms with E-state index in [1.165, 1.54) is 11.3 Å². The number of amides is 1. The summed E-state index contributed by atoms with van der Waals surface area (Å²) in [6.07, 6.45) is 2.05. The molecule has 2 atom stereocenters. The second-order valence-corrected chi connectivity index (χ2v) is 8.02. The molecule has 1 fully saturated rings. The van der Waals surface area contributed by atoms with Gasteiger partial charge < -0.3 is 19.9 Å². The van der Waals surface area contributed by atoms with Gasteiger partial charge in [-0.2, -0.15) is 5.26 Å². The van der Waals surface area contributed by atoms with E-state index in [0.717, 1.165) is 43.9 Å². The second kappa shape index (κ2) is 7.41. The van der Waals surface area contributed by atoms with Crippen LogP contribution in [0.5, 0.6) is 5.75 Å². The minimum absolute atomic E-state index is 0.0951. The molecule has 0 bridgehead atoms. The fourth-order valence-electron chi connectivity index (χ4n) is 4.98. The maximum absolute atomic E-state index is 12.1. The van der Waals surface area contributed by atoms with Crippen LogP contribution in [0, 0.1) is 11.3 Å². The molecule has 3 aliphatic rings. The van der Waals surface area contributed by atoms with E-state index < -0.39 is 0 Å². The number of ether oxygens (including phenoxy) is 1. The molecule has 3 heterocycles. The van der Waals surface area contributed by atoms with Gasteiger partial charge >= 0.3 is 0 Å². The van der Waals surface area contributed by atoms with Crippen molar-refractivity contribution in [1.82, 2.24) is 4.90 Å². The Hall–Kier alpha value is -3.04. The Balaban J connectivity index is 1.18. The van der Waals surface area contributed by atoms with Gasteiger partial charge in [-0.15, -0.1) is 0 Å². The van der Waals surface area contributed by atoms with E-state index in [4.69, 9.17) is 10.00 Å². The fourth-order valence-corrected chi connectivity index (χ4v) is 4.98. The lowest BCUT2D eigenvalue weighted by atomic mass is 9.89. The highest BCUT2D eigenvalue weighted by Gasteiger charge is 2.44. The van der Waals surface area contributed by atoms with Crippen molar-refractivity contribution >= 4 is 17.3 Å². The molecule has 6 heteroatoms. The van der Waals surface area contributed by atoms with Crippen LogP contribution in [0.15, 0.2) is 42.5 Å². The minimum atomic E-state index is 0.0951. The standard InChI is InChI=1S/C23H24N4O2/c24-13-16-5-7-17(8-6-16)29-12-2-10-26-11-9-21-19(14-26)18-3-1-4-20-23(18)27(21)15-22(28)25-20/h1,3-8,19,21H,2,9-12,14-15H2,(H,25,28)/t19?,21-/m0/s1. The first-order valence-electron chi connectivity index (χ1n) is 10.3. The number of para-hydroxylation sites is 1. The SMILES string of the molecule is N#Cc1ccc(OCCCN2CC[C@H]3C(C2)c2cccc4c2N3CC(=O)N4)cc1. The number of anilines is 2. The van der Waals surface area contributed by atoms with E-state index in [1.54, 1.807) is 12.1 Å². The average Bonchev–Trinajstić information content (AvgIpc) is 3.06. The van der Waals surface area contributed by atoms with Crippen molar-refractivity contribution in [3.63, 3.8) is 0 Å². The zero-order valence-electron chi connectivity index (χ0n) is 16.3. The smallest absolute Gasteiger partial charge is 0.243 e. The molecule has 0 aromatic heterocycles. The van der Waals surface area contributed by atoms with E-state index in [-0.39, 0.29) is 5.91 Å². The number of likely N-dealkylation sites (tertiary alicyclic amines) is 1. The highest BCUT2D eigenvalue weighted by molar-refractivity contribution is 6.03. The summed E-state index contributed by atoms with van der Waals surface area (Å²) in [5.74, 6) is 1.37. The Labute approximate surface area is 170 Å². The van der Waals surface area contributed by atoms with Gasteiger partial charge in [-0.3, -0.25) is 4.79 Å². The molecule has 0 radical (unpaired) electrons. The third-order valence-electron chi connectivity index (χ3n) is 6.27. The van der Waals surface area contributed by atoms with Gasteiger partial charge in [-0.25, -0.2) is 0 Å². The van der Waals surface area contributed by atoms with Crippen molar-refractivity contribution in [2.24, 2.45) is 0 Å². The molecular weight excluding hydrogens is 364 g/mol. The van der Waals surface area contributed by atoms with Crippen molar-refractivity contribution in [3.05, 3.63) is 53.6 Å². The molecule has 1 amide bonds. The highest BCUT2D eigenvalue weighted by Crippen LogP contribution is 2.49. The van der Waals surface area contributed by atoms with Gasteiger partial charge in [0.25, 0.3) is 0 Å². The monoisotopic (exact) mass is 388 g/mol. The van der Waals surface area contributed by atoms with Gasteiger partial charge in [0.05, 0.1) is 36.2 Å². The lowest BCUT2D eigenvalue weighted by Crippen LogP contribution is -2.49. The Morgan fingerprint density at radius 3 is 2.90 bits per heavy atom. The summed E-state index contributed by atoms with van der Waals surface area (Å²) in [6.45, 7) is 4.24. The molecule has 1 unspecified atom stereocenters. The molecule has 2 aromatic rings. The zero-order chi connectivity index (χ0) is 19.8. The number of hydrogen-bond donors (Lipinski definition) is 1. The third kappa shape index (κ3) is 3.32. The maximum Gasteiger partial charge on any atom is 0.243 e. The van der Waals surface area contributed by atoms with Crippen molar-refractivity contribution in [2.75, 3.05) is 43.0 Å². The van der Waals surface area contributed by atoms with Crippen LogP contribution in [0.3, 0.4) is 0 Å². The van der Waals surface area contributed by atoms with E-state index >= 15 is 0 Å². The molecule has 29 heavy (non-hydrogen) atoms. The maximum atomic E-state index is 12.1. The molecule has 0 aliphatic carbocycles. The number of carbonyl (C=O) groups excluding carboxylic acids is 1. The Morgan fingerprint density at radius 1 is 1.21 bits per heavy atom. The number of benzene rings is 2. The summed E-state index contributed by atoms with van der Waals surface area (Å²) >= 11 is 0. The van der Waals surface area contributed by atoms with Crippen LogP contribution < -0.4 is 15.0 Å². The van der Waals surface area contributed by atoms with Crippen LogP contribution in [-0.4, -0.2) is 49.6 Å². The topological polar surface area (TPSA) is 68.6 Å². The number of nitrogens with zero attached hydrogens (tertiary/aromatic N) is 3. The van der Waals surface area contributed by atoms with Crippen LogP contribution >= 0.6 is 0 Å². The second-order valence-electron chi connectivity index (χ2n) is 8.02. The summed E-state index contributed by atoms with van der Waals surface area (Å²) in [6, 6.07) is 16.1. The van der Waals surface area contributed by atoms with E-state index in [0.29, 0.717) is 30.7 Å². The van der Waals surface area contributed by atoms with E-state index in [1.807, 2.05) is 18.2 Å². The average molecular weight is 388 g/mol. The predicted octanol–water partition coefficient (Wildman–Crippen LogP) is 2.96. The van der Waals surface area contributed by atoms with Gasteiger partial charge in [0.1, 0.15) is 5.75 Å². The molecule has 0 saturated carbocycles. The van der Waals surface area contributed by atoms with Gasteiger partial charge in [-0.1, -0.05) is 12.1 Å². The van der Waals surface area contributed by atoms with Gasteiger partial charge in [0.2, 0.25) is 5.91 Å². The van der Waals surface area contributed by atoms with Crippen molar-refractivity contribution in [2.45, 2.75) is 24.8 Å². The van der Waals surface area contributed by atoms with Crippen LogP contribution in [0.25, 0.3) is 0 Å². The number of hydrogen-bond acceptors (Lipinski definition) is 5. The van der Waals surface area contributed by atoms with Crippen LogP contribution in [-0.2, 0) is 4.79 Å². The summed E-state index contributed by atoms with van der Waals surface area (Å²) in [4.78, 5) is 16.9. The fraction of sp³-hybridized carbons (Fsp3) is 0.391. The summed E-state index contributed by atoms with van der Waals surface area (Å²) in [7, 11) is 0. The number of carbonyl (C=O) groups is 1. The zero-order valence-corrected chi connectivity index (χ0v) is 16.3. The third-order valence-corrected chi connectivity index (χ3v) is 6.27. The number of nitriles is 1.